The third-order valence-corrected chi connectivity index (χ3v) is 3.42. The smallest absolute Gasteiger partial charge is 0.407 e. The minimum Gasteiger partial charge on any atom is -0.444 e. The van der Waals surface area contributed by atoms with Gasteiger partial charge in [0.05, 0.1) is 5.69 Å². The Morgan fingerprint density at radius 1 is 1.19 bits per heavy atom. The highest BCUT2D eigenvalue weighted by Crippen LogP contribution is 2.24. The summed E-state index contributed by atoms with van der Waals surface area (Å²) in [4.78, 5) is 28.0. The van der Waals surface area contributed by atoms with Crippen LogP contribution in [0.2, 0.25) is 5.02 Å². The van der Waals surface area contributed by atoms with Gasteiger partial charge in [0.1, 0.15) is 5.60 Å². The summed E-state index contributed by atoms with van der Waals surface area (Å²) < 4.78 is 5.12. The van der Waals surface area contributed by atoms with Gasteiger partial charge in [0.25, 0.3) is 0 Å². The number of ether oxygens (including phenoxy) is 1. The van der Waals surface area contributed by atoms with Crippen LogP contribution < -0.4 is 16.0 Å². The maximum atomic E-state index is 12.2. The molecule has 2 rings (SSSR count). The van der Waals surface area contributed by atoms with Crippen molar-refractivity contribution < 1.29 is 14.3 Å². The zero-order valence-corrected chi connectivity index (χ0v) is 16.3. The van der Waals surface area contributed by atoms with Crippen LogP contribution in [0, 0.1) is 0 Å². The predicted octanol–water partition coefficient (Wildman–Crippen LogP) is 4.33. The molecule has 2 aromatic rings. The van der Waals surface area contributed by atoms with Crippen molar-refractivity contribution >= 4 is 40.8 Å². The zero-order chi connectivity index (χ0) is 19.9. The molecule has 0 bridgehead atoms. The van der Waals surface area contributed by atoms with Crippen LogP contribution in [-0.4, -0.2) is 29.1 Å². The van der Waals surface area contributed by atoms with Crippen molar-refractivity contribution in [1.82, 2.24) is 10.3 Å². The average molecular weight is 391 g/mol. The van der Waals surface area contributed by atoms with Gasteiger partial charge in [-0.3, -0.25) is 4.79 Å². The second-order valence-electron chi connectivity index (χ2n) is 6.76. The number of alkyl carbamates (subject to hydrolysis) is 1. The highest BCUT2D eigenvalue weighted by Gasteiger charge is 2.16. The topological polar surface area (TPSA) is 92.3 Å². The Bertz CT molecular complexity index is 806. The SMILES string of the molecule is CC(C)(C)OC(=O)NCCC(=O)Nc1cccnc1Nc1cccc(Cl)c1. The molecule has 0 fully saturated rings. The number of hydrogen-bond acceptors (Lipinski definition) is 5. The van der Waals surface area contributed by atoms with Gasteiger partial charge >= 0.3 is 6.09 Å². The van der Waals surface area contributed by atoms with Crippen molar-refractivity contribution in [3.05, 3.63) is 47.6 Å². The minimum atomic E-state index is -0.580. The van der Waals surface area contributed by atoms with Gasteiger partial charge in [0.15, 0.2) is 5.82 Å². The highest BCUT2D eigenvalue weighted by molar-refractivity contribution is 6.30. The molecule has 0 radical (unpaired) electrons. The van der Waals surface area contributed by atoms with Gasteiger partial charge in [-0.25, -0.2) is 9.78 Å². The van der Waals surface area contributed by atoms with E-state index in [0.29, 0.717) is 16.5 Å². The zero-order valence-electron chi connectivity index (χ0n) is 15.5. The maximum absolute atomic E-state index is 12.2. The fourth-order valence-electron chi connectivity index (χ4n) is 2.11. The fraction of sp³-hybridized carbons (Fsp3) is 0.316. The van der Waals surface area contributed by atoms with Gasteiger partial charge in [-0.1, -0.05) is 17.7 Å². The van der Waals surface area contributed by atoms with E-state index in [-0.39, 0.29) is 18.9 Å². The summed E-state index contributed by atoms with van der Waals surface area (Å²) in [5.74, 6) is 0.237. The van der Waals surface area contributed by atoms with Crippen molar-refractivity contribution in [2.75, 3.05) is 17.2 Å². The first-order valence-electron chi connectivity index (χ1n) is 8.47. The minimum absolute atomic E-state index is 0.102. The van der Waals surface area contributed by atoms with Crippen LogP contribution in [0.1, 0.15) is 27.2 Å². The number of pyridine rings is 1. The fourth-order valence-corrected chi connectivity index (χ4v) is 2.30. The quantitative estimate of drug-likeness (QED) is 0.682. The van der Waals surface area contributed by atoms with Crippen LogP contribution in [0.3, 0.4) is 0 Å². The van der Waals surface area contributed by atoms with Crippen LogP contribution >= 0.6 is 11.6 Å². The number of anilines is 3. The predicted molar refractivity (Wildman–Crippen MR) is 106 cm³/mol. The number of carbonyl (C=O) groups excluding carboxylic acids is 2. The van der Waals surface area contributed by atoms with E-state index in [9.17, 15) is 9.59 Å². The monoisotopic (exact) mass is 390 g/mol. The van der Waals surface area contributed by atoms with Gasteiger partial charge in [0.2, 0.25) is 5.91 Å². The average Bonchev–Trinajstić information content (AvgIpc) is 2.55. The van der Waals surface area contributed by atoms with Crippen LogP contribution in [0.4, 0.5) is 22.0 Å². The van der Waals surface area contributed by atoms with Gasteiger partial charge in [-0.2, -0.15) is 0 Å². The molecule has 8 heteroatoms. The Kier molecular flexibility index (Phi) is 7.01. The molecule has 0 atom stereocenters. The lowest BCUT2D eigenvalue weighted by Crippen LogP contribution is -2.34. The molecule has 27 heavy (non-hydrogen) atoms. The molecule has 0 spiro atoms. The van der Waals surface area contributed by atoms with Crippen molar-refractivity contribution in [1.29, 1.82) is 0 Å². The Balaban J connectivity index is 1.89. The maximum Gasteiger partial charge on any atom is 0.407 e. The number of halogens is 1. The summed E-state index contributed by atoms with van der Waals surface area (Å²) in [6.45, 7) is 5.49. The molecule has 144 valence electrons. The Labute approximate surface area is 163 Å². The summed E-state index contributed by atoms with van der Waals surface area (Å²) in [6.07, 6.45) is 1.16. The molecule has 1 heterocycles. The molecular formula is C19H23ClN4O3. The molecule has 0 saturated heterocycles. The lowest BCUT2D eigenvalue weighted by atomic mass is 10.2. The summed E-state index contributed by atoms with van der Waals surface area (Å²) >= 11 is 5.98. The lowest BCUT2D eigenvalue weighted by molar-refractivity contribution is -0.116. The van der Waals surface area contributed by atoms with Gasteiger partial charge in [0, 0.05) is 29.9 Å². The van der Waals surface area contributed by atoms with E-state index >= 15 is 0 Å². The number of aromatic nitrogens is 1. The summed E-state index contributed by atoms with van der Waals surface area (Å²) in [5, 5.41) is 9.04. The second kappa shape index (κ2) is 9.23. The first-order chi connectivity index (χ1) is 12.7. The Morgan fingerprint density at radius 3 is 2.67 bits per heavy atom. The number of rotatable bonds is 6. The summed E-state index contributed by atoms with van der Waals surface area (Å²) in [7, 11) is 0. The molecule has 0 saturated carbocycles. The first-order valence-corrected chi connectivity index (χ1v) is 8.85. The van der Waals surface area contributed by atoms with E-state index in [4.69, 9.17) is 16.3 Å². The largest absolute Gasteiger partial charge is 0.444 e. The van der Waals surface area contributed by atoms with E-state index in [2.05, 4.69) is 20.9 Å². The molecule has 7 nitrogen and oxygen atoms in total. The number of hydrogen-bond donors (Lipinski definition) is 3. The molecule has 0 aliphatic carbocycles. The van der Waals surface area contributed by atoms with Crippen molar-refractivity contribution in [3.63, 3.8) is 0 Å². The number of nitrogens with one attached hydrogen (secondary N) is 3. The Morgan fingerprint density at radius 2 is 1.96 bits per heavy atom. The molecule has 2 amide bonds. The van der Waals surface area contributed by atoms with E-state index in [1.165, 1.54) is 0 Å². The molecule has 0 aliphatic heterocycles. The van der Waals surface area contributed by atoms with E-state index < -0.39 is 11.7 Å². The van der Waals surface area contributed by atoms with Crippen LogP contribution in [0.25, 0.3) is 0 Å². The molecule has 1 aromatic heterocycles. The van der Waals surface area contributed by atoms with Gasteiger partial charge in [-0.15, -0.1) is 0 Å². The molecule has 0 aliphatic rings. The second-order valence-corrected chi connectivity index (χ2v) is 7.20. The molecule has 0 unspecified atom stereocenters. The number of carbonyl (C=O) groups is 2. The standard InChI is InChI=1S/C19H23ClN4O3/c1-19(2,3)27-18(26)22-11-9-16(25)24-15-8-5-10-21-17(15)23-14-7-4-6-13(20)12-14/h4-8,10,12H,9,11H2,1-3H3,(H,21,23)(H,22,26)(H,24,25). The number of benzene rings is 1. The summed E-state index contributed by atoms with van der Waals surface area (Å²) in [6, 6.07) is 10.6. The third kappa shape index (κ3) is 7.53. The van der Waals surface area contributed by atoms with Crippen molar-refractivity contribution in [3.8, 4) is 0 Å². The third-order valence-electron chi connectivity index (χ3n) is 3.19. The highest BCUT2D eigenvalue weighted by atomic mass is 35.5. The lowest BCUT2D eigenvalue weighted by Gasteiger charge is -2.19. The molecule has 3 N–H and O–H groups in total. The number of nitrogens with zero attached hydrogens (tertiary/aromatic N) is 1. The van der Waals surface area contributed by atoms with Gasteiger partial charge < -0.3 is 20.7 Å². The van der Waals surface area contributed by atoms with E-state index in [1.807, 2.05) is 12.1 Å². The van der Waals surface area contributed by atoms with Crippen LogP contribution in [0.15, 0.2) is 42.6 Å². The Hall–Kier alpha value is -2.80. The van der Waals surface area contributed by atoms with Crippen molar-refractivity contribution in [2.24, 2.45) is 0 Å². The van der Waals surface area contributed by atoms with Gasteiger partial charge in [-0.05, 0) is 51.1 Å². The first kappa shape index (κ1) is 20.5. The molecular weight excluding hydrogens is 368 g/mol. The normalized spacial score (nSPS) is 10.8. The van der Waals surface area contributed by atoms with Crippen molar-refractivity contribution in [2.45, 2.75) is 32.8 Å². The van der Waals surface area contributed by atoms with Crippen LogP contribution in [-0.2, 0) is 9.53 Å². The van der Waals surface area contributed by atoms with Crippen LogP contribution in [0.5, 0.6) is 0 Å². The molecule has 1 aromatic carbocycles. The van der Waals surface area contributed by atoms with E-state index in [1.54, 1.807) is 51.2 Å². The number of amides is 2. The van der Waals surface area contributed by atoms with E-state index in [0.717, 1.165) is 5.69 Å². The summed E-state index contributed by atoms with van der Waals surface area (Å²) in [5.41, 5.74) is 0.700.